The van der Waals surface area contributed by atoms with Gasteiger partial charge in [-0.3, -0.25) is 0 Å². The molecule has 110 valence electrons. The molecule has 0 aliphatic carbocycles. The minimum atomic E-state index is -0.148. The van der Waals surface area contributed by atoms with E-state index in [2.05, 4.69) is 10.3 Å². The van der Waals surface area contributed by atoms with E-state index in [4.69, 9.17) is 10.00 Å². The highest BCUT2D eigenvalue weighted by Gasteiger charge is 2.32. The molecule has 0 unspecified atom stereocenters. The Bertz CT molecular complexity index is 706. The molecule has 1 saturated heterocycles. The molecule has 0 spiro atoms. The van der Waals surface area contributed by atoms with Crippen LogP contribution in [0.15, 0.2) is 48.7 Å². The molecular weight excluding hydrogens is 280 g/mol. The molecule has 22 heavy (non-hydrogen) atoms. The molecule has 1 aromatic heterocycles. The second kappa shape index (κ2) is 6.14. The Morgan fingerprint density at radius 2 is 2.09 bits per heavy atom. The molecule has 0 radical (unpaired) electrons. The number of hydrogen-bond acceptors (Lipinski definition) is 4. The van der Waals surface area contributed by atoms with E-state index in [1.165, 1.54) is 6.20 Å². The van der Waals surface area contributed by atoms with Crippen molar-refractivity contribution in [3.63, 3.8) is 0 Å². The molecule has 6 nitrogen and oxygen atoms in total. The van der Waals surface area contributed by atoms with Gasteiger partial charge in [0, 0.05) is 18.0 Å². The van der Waals surface area contributed by atoms with Gasteiger partial charge in [-0.2, -0.15) is 5.26 Å². The maximum atomic E-state index is 12.0. The molecule has 1 aromatic carbocycles. The normalized spacial score (nSPS) is 13.9. The van der Waals surface area contributed by atoms with Gasteiger partial charge in [0.25, 0.3) is 0 Å². The fourth-order valence-corrected chi connectivity index (χ4v) is 2.12. The molecule has 1 aliphatic rings. The van der Waals surface area contributed by atoms with Crippen LogP contribution in [0.1, 0.15) is 5.56 Å². The van der Waals surface area contributed by atoms with Gasteiger partial charge in [0.1, 0.15) is 6.10 Å². The van der Waals surface area contributed by atoms with E-state index < -0.39 is 0 Å². The lowest BCUT2D eigenvalue weighted by atomic mass is 10.2. The van der Waals surface area contributed by atoms with Crippen molar-refractivity contribution in [3.05, 3.63) is 54.2 Å². The van der Waals surface area contributed by atoms with Gasteiger partial charge in [-0.1, -0.05) is 18.2 Å². The Labute approximate surface area is 128 Å². The van der Waals surface area contributed by atoms with E-state index in [-0.39, 0.29) is 12.1 Å². The van der Waals surface area contributed by atoms with Gasteiger partial charge in [-0.25, -0.2) is 9.78 Å². The standard InChI is InChI=1S/C16H14N4O2/c17-9-12-6-7-18-15(8-12)22-14-10-20(11-14)16(21)19-13-4-2-1-3-5-13/h1-8,14H,10-11H2,(H,19,21). The number of pyridine rings is 1. The lowest BCUT2D eigenvalue weighted by molar-refractivity contribution is 0.0461. The number of benzene rings is 1. The number of nitriles is 1. The average Bonchev–Trinajstić information content (AvgIpc) is 2.51. The molecule has 0 atom stereocenters. The largest absolute Gasteiger partial charge is 0.471 e. The Balaban J connectivity index is 1.49. The van der Waals surface area contributed by atoms with E-state index in [1.54, 1.807) is 17.0 Å². The first-order valence-electron chi connectivity index (χ1n) is 6.88. The third kappa shape index (κ3) is 3.15. The van der Waals surface area contributed by atoms with Crippen LogP contribution in [0.4, 0.5) is 10.5 Å². The first kappa shape index (κ1) is 13.9. The minimum Gasteiger partial charge on any atom is -0.471 e. The van der Waals surface area contributed by atoms with E-state index in [9.17, 15) is 4.79 Å². The SMILES string of the molecule is N#Cc1ccnc(OC2CN(C(=O)Nc3ccccc3)C2)c1. The number of para-hydroxylation sites is 1. The van der Waals surface area contributed by atoms with Crippen LogP contribution in [-0.4, -0.2) is 35.1 Å². The Kier molecular flexibility index (Phi) is 3.88. The van der Waals surface area contributed by atoms with Crippen molar-refractivity contribution in [2.24, 2.45) is 0 Å². The van der Waals surface area contributed by atoms with Crippen LogP contribution >= 0.6 is 0 Å². The van der Waals surface area contributed by atoms with Crippen LogP contribution < -0.4 is 10.1 Å². The molecule has 3 rings (SSSR count). The summed E-state index contributed by atoms with van der Waals surface area (Å²) in [6.07, 6.45) is 1.44. The molecule has 6 heteroatoms. The summed E-state index contributed by atoms with van der Waals surface area (Å²) < 4.78 is 5.64. The number of nitrogens with one attached hydrogen (secondary N) is 1. The number of aromatic nitrogens is 1. The van der Waals surface area contributed by atoms with Crippen LogP contribution in [0.25, 0.3) is 0 Å². The van der Waals surface area contributed by atoms with Crippen molar-refractivity contribution in [2.75, 3.05) is 18.4 Å². The van der Waals surface area contributed by atoms with Gasteiger partial charge in [0.2, 0.25) is 5.88 Å². The van der Waals surface area contributed by atoms with Crippen molar-refractivity contribution in [1.82, 2.24) is 9.88 Å². The van der Waals surface area contributed by atoms with Crippen molar-refractivity contribution >= 4 is 11.7 Å². The Hall–Kier alpha value is -3.07. The van der Waals surface area contributed by atoms with Crippen molar-refractivity contribution in [1.29, 1.82) is 5.26 Å². The third-order valence-corrected chi connectivity index (χ3v) is 3.31. The number of anilines is 1. The number of nitrogens with zero attached hydrogens (tertiary/aromatic N) is 3. The highest BCUT2D eigenvalue weighted by atomic mass is 16.5. The zero-order valence-electron chi connectivity index (χ0n) is 11.8. The maximum absolute atomic E-state index is 12.0. The minimum absolute atomic E-state index is 0.0945. The van der Waals surface area contributed by atoms with Gasteiger partial charge >= 0.3 is 6.03 Å². The van der Waals surface area contributed by atoms with E-state index in [0.717, 1.165) is 5.69 Å². The average molecular weight is 294 g/mol. The first-order chi connectivity index (χ1) is 10.7. The highest BCUT2D eigenvalue weighted by Crippen LogP contribution is 2.18. The summed E-state index contributed by atoms with van der Waals surface area (Å²) in [4.78, 5) is 17.7. The molecule has 2 aromatic rings. The molecule has 1 fully saturated rings. The molecule has 1 N–H and O–H groups in total. The molecular formula is C16H14N4O2. The third-order valence-electron chi connectivity index (χ3n) is 3.31. The molecule has 2 heterocycles. The lowest BCUT2D eigenvalue weighted by Gasteiger charge is -2.38. The quantitative estimate of drug-likeness (QED) is 0.941. The van der Waals surface area contributed by atoms with Crippen LogP contribution in [0.3, 0.4) is 0 Å². The topological polar surface area (TPSA) is 78.2 Å². The van der Waals surface area contributed by atoms with E-state index >= 15 is 0 Å². The van der Waals surface area contributed by atoms with Crippen LogP contribution in [0.5, 0.6) is 5.88 Å². The molecule has 1 aliphatic heterocycles. The lowest BCUT2D eigenvalue weighted by Crippen LogP contribution is -2.57. The van der Waals surface area contributed by atoms with Gasteiger partial charge in [-0.15, -0.1) is 0 Å². The van der Waals surface area contributed by atoms with Gasteiger partial charge in [-0.05, 0) is 18.2 Å². The van der Waals surface area contributed by atoms with Gasteiger partial charge in [0.05, 0.1) is 24.7 Å². The van der Waals surface area contributed by atoms with Gasteiger partial charge < -0.3 is 15.0 Å². The number of ether oxygens (including phenoxy) is 1. The summed E-state index contributed by atoms with van der Waals surface area (Å²) in [6.45, 7) is 0.994. The summed E-state index contributed by atoms with van der Waals surface area (Å²) in [7, 11) is 0. The summed E-state index contributed by atoms with van der Waals surface area (Å²) in [5.41, 5.74) is 1.27. The number of hydrogen-bond donors (Lipinski definition) is 1. The second-order valence-corrected chi connectivity index (χ2v) is 4.94. The van der Waals surface area contributed by atoms with Crippen LogP contribution in [0, 0.1) is 11.3 Å². The Morgan fingerprint density at radius 1 is 1.32 bits per heavy atom. The number of amides is 2. The predicted molar refractivity (Wildman–Crippen MR) is 80.4 cm³/mol. The highest BCUT2D eigenvalue weighted by molar-refractivity contribution is 5.89. The number of likely N-dealkylation sites (tertiary alicyclic amines) is 1. The van der Waals surface area contributed by atoms with Crippen molar-refractivity contribution in [2.45, 2.75) is 6.10 Å². The fourth-order valence-electron chi connectivity index (χ4n) is 2.12. The second-order valence-electron chi connectivity index (χ2n) is 4.94. The monoisotopic (exact) mass is 294 g/mol. The summed E-state index contributed by atoms with van der Waals surface area (Å²) in [6, 6.07) is 14.4. The van der Waals surface area contributed by atoms with Gasteiger partial charge in [0.15, 0.2) is 0 Å². The van der Waals surface area contributed by atoms with Crippen LogP contribution in [0.2, 0.25) is 0 Å². The summed E-state index contributed by atoms with van der Waals surface area (Å²) in [5.74, 6) is 0.409. The van der Waals surface area contributed by atoms with Crippen LogP contribution in [-0.2, 0) is 0 Å². The maximum Gasteiger partial charge on any atom is 0.322 e. The fraction of sp³-hybridized carbons (Fsp3) is 0.188. The van der Waals surface area contributed by atoms with E-state index in [1.807, 2.05) is 36.4 Å². The summed E-state index contributed by atoms with van der Waals surface area (Å²) >= 11 is 0. The smallest absolute Gasteiger partial charge is 0.322 e. The summed E-state index contributed by atoms with van der Waals surface area (Å²) in [5, 5.41) is 11.6. The number of rotatable bonds is 3. The number of carbonyl (C=O) groups excluding carboxylic acids is 1. The predicted octanol–water partition coefficient (Wildman–Crippen LogP) is 2.25. The van der Waals surface area contributed by atoms with E-state index in [0.29, 0.717) is 24.5 Å². The zero-order chi connectivity index (χ0) is 15.4. The Morgan fingerprint density at radius 3 is 2.82 bits per heavy atom. The van der Waals surface area contributed by atoms with Crippen molar-refractivity contribution in [3.8, 4) is 11.9 Å². The molecule has 0 bridgehead atoms. The molecule has 0 saturated carbocycles. The molecule has 2 amide bonds. The first-order valence-corrected chi connectivity index (χ1v) is 6.88. The number of carbonyl (C=O) groups is 1. The number of urea groups is 1. The van der Waals surface area contributed by atoms with Crippen molar-refractivity contribution < 1.29 is 9.53 Å². The zero-order valence-corrected chi connectivity index (χ0v) is 11.8.